The number of carbonyl (C=O) groups is 3. The standard InChI is InChI=1S/C30H36Cl2F3N3O4/c1-17-13-20(31)24(21(32)14-17)22(39)15-23(28(2)9-5-4-6-10-28)37-26(40)19-16-36-38(25(19)30(33,34)35)18-7-11-29(3,12-8-18)27(41)42/h13-14,16,18,23H,4-12,15H2,1-3H3,(H,37,40)(H,41,42). The van der Waals surface area contributed by atoms with Crippen LogP contribution in [0, 0.1) is 17.8 Å². The van der Waals surface area contributed by atoms with E-state index in [4.69, 9.17) is 23.2 Å². The van der Waals surface area contributed by atoms with Crippen LogP contribution in [0.25, 0.3) is 0 Å². The van der Waals surface area contributed by atoms with Crippen LogP contribution in [0.4, 0.5) is 13.2 Å². The molecule has 1 atom stereocenters. The maximum Gasteiger partial charge on any atom is 0.433 e. The third-order valence-electron chi connectivity index (χ3n) is 9.23. The average Bonchev–Trinajstić information content (AvgIpc) is 3.35. The number of alkyl halides is 3. The van der Waals surface area contributed by atoms with Crippen molar-refractivity contribution >= 4 is 40.9 Å². The van der Waals surface area contributed by atoms with Gasteiger partial charge in [0.25, 0.3) is 5.91 Å². The van der Waals surface area contributed by atoms with Crippen LogP contribution in [-0.4, -0.2) is 38.6 Å². The summed E-state index contributed by atoms with van der Waals surface area (Å²) in [5, 5.41) is 16.6. The van der Waals surface area contributed by atoms with Crippen molar-refractivity contribution in [3.63, 3.8) is 0 Å². The Balaban J connectivity index is 1.64. The summed E-state index contributed by atoms with van der Waals surface area (Å²) in [7, 11) is 0. The van der Waals surface area contributed by atoms with Gasteiger partial charge in [0.2, 0.25) is 0 Å². The Labute approximate surface area is 253 Å². The first kappa shape index (κ1) is 32.3. The summed E-state index contributed by atoms with van der Waals surface area (Å²) in [6.45, 7) is 5.31. The Morgan fingerprint density at radius 2 is 1.64 bits per heavy atom. The number of amides is 1. The molecule has 0 radical (unpaired) electrons. The highest BCUT2D eigenvalue weighted by atomic mass is 35.5. The number of rotatable bonds is 8. The molecule has 1 aromatic heterocycles. The molecule has 2 aromatic rings. The number of ketones is 1. The van der Waals surface area contributed by atoms with E-state index in [0.717, 1.165) is 35.7 Å². The summed E-state index contributed by atoms with van der Waals surface area (Å²) in [6.07, 6.45) is 0.702. The monoisotopic (exact) mass is 629 g/mol. The van der Waals surface area contributed by atoms with E-state index in [1.807, 2.05) is 6.92 Å². The van der Waals surface area contributed by atoms with Gasteiger partial charge in [-0.05, 0) is 75.5 Å². The van der Waals surface area contributed by atoms with Crippen molar-refractivity contribution in [1.29, 1.82) is 0 Å². The number of aryl methyl sites for hydroxylation is 1. The molecule has 2 N–H and O–H groups in total. The number of aliphatic carboxylic acids is 1. The van der Waals surface area contributed by atoms with Crippen LogP contribution in [-0.2, 0) is 11.0 Å². The number of nitrogens with zero attached hydrogens (tertiary/aromatic N) is 2. The number of carboxylic acid groups (broad SMARTS) is 1. The molecule has 2 saturated carbocycles. The Kier molecular flexibility index (Phi) is 9.38. The van der Waals surface area contributed by atoms with E-state index in [2.05, 4.69) is 10.4 Å². The van der Waals surface area contributed by atoms with E-state index >= 15 is 0 Å². The first-order chi connectivity index (χ1) is 19.6. The number of nitrogens with one attached hydrogen (secondary N) is 1. The maximum atomic E-state index is 14.4. The smallest absolute Gasteiger partial charge is 0.433 e. The first-order valence-corrected chi connectivity index (χ1v) is 15.0. The topological polar surface area (TPSA) is 101 Å². The van der Waals surface area contributed by atoms with Gasteiger partial charge in [-0.2, -0.15) is 18.3 Å². The van der Waals surface area contributed by atoms with Crippen molar-refractivity contribution < 1.29 is 32.7 Å². The lowest BCUT2D eigenvalue weighted by Crippen LogP contribution is -2.48. The quantitative estimate of drug-likeness (QED) is 0.288. The largest absolute Gasteiger partial charge is 0.481 e. The maximum absolute atomic E-state index is 14.4. The molecule has 1 heterocycles. The normalized spacial score (nSPS) is 23.3. The molecule has 12 heteroatoms. The molecule has 7 nitrogen and oxygen atoms in total. The van der Waals surface area contributed by atoms with E-state index in [0.29, 0.717) is 12.8 Å². The number of hydrogen-bond donors (Lipinski definition) is 2. The van der Waals surface area contributed by atoms with Crippen LogP contribution in [0.3, 0.4) is 0 Å². The van der Waals surface area contributed by atoms with Gasteiger partial charge in [-0.25, -0.2) is 0 Å². The number of hydrogen-bond acceptors (Lipinski definition) is 4. The highest BCUT2D eigenvalue weighted by Gasteiger charge is 2.45. The SMILES string of the molecule is Cc1cc(Cl)c(C(=O)CC(NC(=O)c2cnn(C3CCC(C)(C(=O)O)CC3)c2C(F)(F)F)C2(C)CCCCC2)c(Cl)c1. The predicted molar refractivity (Wildman–Crippen MR) is 153 cm³/mol. The molecule has 0 bridgehead atoms. The van der Waals surface area contributed by atoms with Crippen molar-refractivity contribution in [2.45, 2.75) is 103 Å². The molecule has 1 amide bonds. The van der Waals surface area contributed by atoms with E-state index in [9.17, 15) is 32.7 Å². The van der Waals surface area contributed by atoms with Crippen molar-refractivity contribution in [1.82, 2.24) is 15.1 Å². The minimum absolute atomic E-state index is 0.122. The van der Waals surface area contributed by atoms with Gasteiger partial charge in [-0.3, -0.25) is 19.1 Å². The van der Waals surface area contributed by atoms with Gasteiger partial charge in [0, 0.05) is 12.5 Å². The molecule has 42 heavy (non-hydrogen) atoms. The Hall–Kier alpha value is -2.59. The predicted octanol–water partition coefficient (Wildman–Crippen LogP) is 8.06. The number of halogens is 5. The number of aromatic nitrogens is 2. The summed E-state index contributed by atoms with van der Waals surface area (Å²) < 4.78 is 44.1. The van der Waals surface area contributed by atoms with Gasteiger partial charge >= 0.3 is 12.1 Å². The van der Waals surface area contributed by atoms with E-state index < -0.39 is 58.0 Å². The fourth-order valence-corrected chi connectivity index (χ4v) is 7.26. The fourth-order valence-electron chi connectivity index (χ4n) is 6.46. The van der Waals surface area contributed by atoms with Gasteiger partial charge in [0.1, 0.15) is 0 Å². The third kappa shape index (κ3) is 6.64. The van der Waals surface area contributed by atoms with Crippen molar-refractivity contribution in [2.75, 3.05) is 0 Å². The van der Waals surface area contributed by atoms with E-state index in [1.165, 1.54) is 0 Å². The van der Waals surface area contributed by atoms with Gasteiger partial charge in [0.15, 0.2) is 11.5 Å². The zero-order chi connectivity index (χ0) is 31.0. The van der Waals surface area contributed by atoms with E-state index in [-0.39, 0.29) is 47.7 Å². The molecule has 0 saturated heterocycles. The second kappa shape index (κ2) is 12.2. The minimum atomic E-state index is -4.89. The minimum Gasteiger partial charge on any atom is -0.481 e. The molecular weight excluding hydrogens is 594 g/mol. The summed E-state index contributed by atoms with van der Waals surface area (Å²) >= 11 is 12.7. The fraction of sp³-hybridized carbons (Fsp3) is 0.600. The summed E-state index contributed by atoms with van der Waals surface area (Å²) in [6, 6.07) is 1.76. The zero-order valence-electron chi connectivity index (χ0n) is 23.9. The molecule has 230 valence electrons. The molecule has 1 unspecified atom stereocenters. The van der Waals surface area contributed by atoms with Gasteiger partial charge in [0.05, 0.1) is 38.8 Å². The molecule has 0 spiro atoms. The molecule has 2 aliphatic carbocycles. The second-order valence-electron chi connectivity index (χ2n) is 12.4. The van der Waals surface area contributed by atoms with Crippen LogP contribution < -0.4 is 5.32 Å². The molecular formula is C30H36Cl2F3N3O4. The molecule has 4 rings (SSSR count). The number of Topliss-reactive ketones (excluding diaryl/α,β-unsaturated/α-hetero) is 1. The lowest BCUT2D eigenvalue weighted by molar-refractivity contribution is -0.152. The number of carboxylic acids is 1. The zero-order valence-corrected chi connectivity index (χ0v) is 25.4. The third-order valence-corrected chi connectivity index (χ3v) is 9.82. The first-order valence-electron chi connectivity index (χ1n) is 14.2. The van der Waals surface area contributed by atoms with Crippen LogP contribution in [0.2, 0.25) is 10.0 Å². The molecule has 2 fully saturated rings. The second-order valence-corrected chi connectivity index (χ2v) is 13.2. The van der Waals surface area contributed by atoms with E-state index in [1.54, 1.807) is 26.0 Å². The highest BCUT2D eigenvalue weighted by molar-refractivity contribution is 6.40. The van der Waals surface area contributed by atoms with Crippen LogP contribution >= 0.6 is 23.2 Å². The van der Waals surface area contributed by atoms with Crippen molar-refractivity contribution in [3.8, 4) is 0 Å². The van der Waals surface area contributed by atoms with Crippen LogP contribution in [0.15, 0.2) is 18.3 Å². The molecule has 0 aliphatic heterocycles. The van der Waals surface area contributed by atoms with Crippen molar-refractivity contribution in [2.24, 2.45) is 10.8 Å². The van der Waals surface area contributed by atoms with Gasteiger partial charge in [-0.15, -0.1) is 0 Å². The summed E-state index contributed by atoms with van der Waals surface area (Å²) in [4.78, 5) is 38.7. The Morgan fingerprint density at radius 3 is 2.17 bits per heavy atom. The lowest BCUT2D eigenvalue weighted by atomic mass is 9.69. The number of benzene rings is 1. The van der Waals surface area contributed by atoms with Gasteiger partial charge in [-0.1, -0.05) is 49.4 Å². The summed E-state index contributed by atoms with van der Waals surface area (Å²) in [5.41, 5.74) is -2.46. The Bertz CT molecular complexity index is 1340. The van der Waals surface area contributed by atoms with Crippen molar-refractivity contribution in [3.05, 3.63) is 50.8 Å². The Morgan fingerprint density at radius 1 is 1.07 bits per heavy atom. The summed E-state index contributed by atoms with van der Waals surface area (Å²) in [5.74, 6) is -2.36. The van der Waals surface area contributed by atoms with Crippen LogP contribution in [0.5, 0.6) is 0 Å². The lowest BCUT2D eigenvalue weighted by Gasteiger charge is -2.41. The van der Waals surface area contributed by atoms with Gasteiger partial charge < -0.3 is 10.4 Å². The average molecular weight is 631 g/mol. The number of carbonyl (C=O) groups excluding carboxylic acids is 2. The molecule has 1 aromatic carbocycles. The molecule has 2 aliphatic rings. The highest BCUT2D eigenvalue weighted by Crippen LogP contribution is 2.44. The van der Waals surface area contributed by atoms with Crippen LogP contribution in [0.1, 0.15) is 116 Å².